The number of hydrogen-bond donors (Lipinski definition) is 1. The maximum atomic E-state index is 8.88. The first-order valence-corrected chi connectivity index (χ1v) is 6.61. The monoisotopic (exact) mass is 223 g/mol. The molecule has 2 atom stereocenters. The van der Waals surface area contributed by atoms with Crippen LogP contribution in [0.2, 0.25) is 0 Å². The fourth-order valence-electron chi connectivity index (χ4n) is 2.29. The van der Waals surface area contributed by atoms with Gasteiger partial charge in [0.25, 0.3) is 0 Å². The zero-order valence-electron chi connectivity index (χ0n) is 10.7. The lowest BCUT2D eigenvalue weighted by molar-refractivity contribution is 0.230. The minimum Gasteiger partial charge on any atom is -0.313 e. The highest BCUT2D eigenvalue weighted by atomic mass is 15.2. The van der Waals surface area contributed by atoms with E-state index in [1.54, 1.807) is 0 Å². The van der Waals surface area contributed by atoms with Gasteiger partial charge in [0.2, 0.25) is 0 Å². The summed E-state index contributed by atoms with van der Waals surface area (Å²) in [5, 5.41) is 12.4. The number of hydrogen-bond acceptors (Lipinski definition) is 3. The van der Waals surface area contributed by atoms with Gasteiger partial charge in [0.05, 0.1) is 12.0 Å². The molecule has 1 aliphatic heterocycles. The summed E-state index contributed by atoms with van der Waals surface area (Å²) in [6.07, 6.45) is 5.07. The van der Waals surface area contributed by atoms with Crippen LogP contribution in [0.3, 0.4) is 0 Å². The Bertz CT molecular complexity index is 216. The number of nitrogens with zero attached hydrogens (tertiary/aromatic N) is 2. The maximum Gasteiger partial charge on any atom is 0.0666 e. The molecule has 0 amide bonds. The fourth-order valence-corrected chi connectivity index (χ4v) is 2.29. The van der Waals surface area contributed by atoms with Crippen LogP contribution in [0.25, 0.3) is 0 Å². The van der Waals surface area contributed by atoms with Gasteiger partial charge in [0, 0.05) is 19.1 Å². The summed E-state index contributed by atoms with van der Waals surface area (Å²) >= 11 is 0. The lowest BCUT2D eigenvalue weighted by Crippen LogP contribution is -2.40. The van der Waals surface area contributed by atoms with Gasteiger partial charge in [-0.2, -0.15) is 5.26 Å². The zero-order chi connectivity index (χ0) is 11.8. The Hall–Kier alpha value is -0.590. The average Bonchev–Trinajstić information content (AvgIpc) is 2.78. The third-order valence-corrected chi connectivity index (χ3v) is 3.22. The molecule has 1 rings (SSSR count). The molecule has 1 heterocycles. The van der Waals surface area contributed by atoms with Gasteiger partial charge < -0.3 is 10.2 Å². The normalized spacial score (nSPS) is 22.2. The molecule has 16 heavy (non-hydrogen) atoms. The number of unbranched alkanes of at least 4 members (excludes halogenated alkanes) is 1. The van der Waals surface area contributed by atoms with Crippen LogP contribution in [0, 0.1) is 17.2 Å². The molecular formula is C13H25N3. The van der Waals surface area contributed by atoms with Gasteiger partial charge in [-0.1, -0.05) is 13.3 Å². The summed E-state index contributed by atoms with van der Waals surface area (Å²) in [4.78, 5) is 2.46. The van der Waals surface area contributed by atoms with E-state index in [-0.39, 0.29) is 5.92 Å². The molecule has 0 aromatic carbocycles. The molecule has 92 valence electrons. The standard InChI is InChI=1S/C13H25N3/c1-3-4-8-16(10-12(2)9-14)11-13-6-5-7-15-13/h12-13,15H,3-8,10-11H2,1-2H3. The Kier molecular flexibility index (Phi) is 6.44. The number of rotatable bonds is 7. The molecule has 0 saturated carbocycles. The zero-order valence-corrected chi connectivity index (χ0v) is 10.7. The molecule has 1 N–H and O–H groups in total. The van der Waals surface area contributed by atoms with Crippen molar-refractivity contribution >= 4 is 0 Å². The highest BCUT2D eigenvalue weighted by molar-refractivity contribution is 4.84. The van der Waals surface area contributed by atoms with E-state index in [0.29, 0.717) is 6.04 Å². The van der Waals surface area contributed by atoms with Gasteiger partial charge in [-0.15, -0.1) is 0 Å². The molecule has 0 aliphatic carbocycles. The molecule has 1 fully saturated rings. The SMILES string of the molecule is CCCCN(CC(C)C#N)CC1CCCN1. The third-order valence-electron chi connectivity index (χ3n) is 3.22. The van der Waals surface area contributed by atoms with Crippen molar-refractivity contribution in [3.63, 3.8) is 0 Å². The Morgan fingerprint density at radius 2 is 2.38 bits per heavy atom. The summed E-state index contributed by atoms with van der Waals surface area (Å²) in [5.41, 5.74) is 0. The molecule has 1 saturated heterocycles. The Balaban J connectivity index is 2.33. The second-order valence-electron chi connectivity index (χ2n) is 4.94. The molecule has 0 radical (unpaired) electrons. The van der Waals surface area contributed by atoms with Crippen LogP contribution in [-0.4, -0.2) is 37.1 Å². The van der Waals surface area contributed by atoms with E-state index in [2.05, 4.69) is 23.2 Å². The number of nitriles is 1. The van der Waals surface area contributed by atoms with Crippen LogP contribution in [-0.2, 0) is 0 Å². The minimum absolute atomic E-state index is 0.151. The van der Waals surface area contributed by atoms with Crippen LogP contribution in [0.1, 0.15) is 39.5 Å². The minimum atomic E-state index is 0.151. The highest BCUT2D eigenvalue weighted by Gasteiger charge is 2.18. The van der Waals surface area contributed by atoms with Crippen molar-refractivity contribution in [2.24, 2.45) is 5.92 Å². The van der Waals surface area contributed by atoms with E-state index in [0.717, 1.165) is 19.6 Å². The highest BCUT2D eigenvalue weighted by Crippen LogP contribution is 2.09. The van der Waals surface area contributed by atoms with Gasteiger partial charge in [0.15, 0.2) is 0 Å². The van der Waals surface area contributed by atoms with Crippen molar-refractivity contribution in [1.29, 1.82) is 5.26 Å². The van der Waals surface area contributed by atoms with Crippen molar-refractivity contribution in [3.05, 3.63) is 0 Å². The van der Waals surface area contributed by atoms with Gasteiger partial charge in [-0.3, -0.25) is 0 Å². The summed E-state index contributed by atoms with van der Waals surface area (Å²) < 4.78 is 0. The predicted octanol–water partition coefficient (Wildman–Crippen LogP) is 2.00. The maximum absolute atomic E-state index is 8.88. The smallest absolute Gasteiger partial charge is 0.0666 e. The first-order valence-electron chi connectivity index (χ1n) is 6.61. The Morgan fingerprint density at radius 1 is 1.56 bits per heavy atom. The van der Waals surface area contributed by atoms with Crippen molar-refractivity contribution < 1.29 is 0 Å². The van der Waals surface area contributed by atoms with Gasteiger partial charge >= 0.3 is 0 Å². The molecule has 0 bridgehead atoms. The topological polar surface area (TPSA) is 39.1 Å². The molecule has 0 spiro atoms. The summed E-state index contributed by atoms with van der Waals surface area (Å²) in [6.45, 7) is 8.59. The first-order chi connectivity index (χ1) is 7.76. The molecule has 2 unspecified atom stereocenters. The van der Waals surface area contributed by atoms with Crippen molar-refractivity contribution in [2.75, 3.05) is 26.2 Å². The molecule has 0 aromatic rings. The van der Waals surface area contributed by atoms with E-state index in [1.807, 2.05) is 6.92 Å². The first kappa shape index (κ1) is 13.5. The van der Waals surface area contributed by atoms with Gasteiger partial charge in [-0.25, -0.2) is 0 Å². The third kappa shape index (κ3) is 4.96. The second-order valence-corrected chi connectivity index (χ2v) is 4.94. The summed E-state index contributed by atoms with van der Waals surface area (Å²) in [6, 6.07) is 2.99. The van der Waals surface area contributed by atoms with E-state index in [1.165, 1.54) is 32.2 Å². The van der Waals surface area contributed by atoms with E-state index in [9.17, 15) is 0 Å². The van der Waals surface area contributed by atoms with E-state index < -0.39 is 0 Å². The molecule has 1 aliphatic rings. The van der Waals surface area contributed by atoms with Crippen molar-refractivity contribution in [1.82, 2.24) is 10.2 Å². The lowest BCUT2D eigenvalue weighted by atomic mass is 10.1. The number of nitrogens with one attached hydrogen (secondary N) is 1. The van der Waals surface area contributed by atoms with Crippen LogP contribution < -0.4 is 5.32 Å². The molecule has 0 aromatic heterocycles. The van der Waals surface area contributed by atoms with Crippen LogP contribution in [0.15, 0.2) is 0 Å². The lowest BCUT2D eigenvalue weighted by Gasteiger charge is -2.26. The Labute approximate surface area is 99.8 Å². The summed E-state index contributed by atoms with van der Waals surface area (Å²) in [7, 11) is 0. The largest absolute Gasteiger partial charge is 0.313 e. The van der Waals surface area contributed by atoms with Crippen molar-refractivity contribution in [2.45, 2.75) is 45.6 Å². The van der Waals surface area contributed by atoms with E-state index in [4.69, 9.17) is 5.26 Å². The molecule has 3 heteroatoms. The fraction of sp³-hybridized carbons (Fsp3) is 0.923. The molecular weight excluding hydrogens is 198 g/mol. The van der Waals surface area contributed by atoms with Crippen LogP contribution in [0.4, 0.5) is 0 Å². The Morgan fingerprint density at radius 3 is 2.94 bits per heavy atom. The van der Waals surface area contributed by atoms with Crippen LogP contribution in [0.5, 0.6) is 0 Å². The second kappa shape index (κ2) is 7.65. The van der Waals surface area contributed by atoms with Crippen molar-refractivity contribution in [3.8, 4) is 6.07 Å². The average molecular weight is 223 g/mol. The van der Waals surface area contributed by atoms with Crippen LogP contribution >= 0.6 is 0 Å². The molecule has 3 nitrogen and oxygen atoms in total. The van der Waals surface area contributed by atoms with E-state index >= 15 is 0 Å². The van der Waals surface area contributed by atoms with Gasteiger partial charge in [0.1, 0.15) is 0 Å². The quantitative estimate of drug-likeness (QED) is 0.717. The summed E-state index contributed by atoms with van der Waals surface area (Å²) in [5.74, 6) is 0.151. The van der Waals surface area contributed by atoms with Gasteiger partial charge in [-0.05, 0) is 39.3 Å². The predicted molar refractivity (Wildman–Crippen MR) is 67.1 cm³/mol.